The number of aliphatic hydroxyl groups excluding tert-OH is 2. The van der Waals surface area contributed by atoms with Gasteiger partial charge in [0.05, 0.1) is 6.61 Å². The minimum atomic E-state index is -0.258. The molecule has 3 N–H and O–H groups in total. The molecule has 0 saturated carbocycles. The molecule has 2 rings (SSSR count). The number of rotatable bonds is 5. The Labute approximate surface area is 117 Å². The third kappa shape index (κ3) is 3.15. The molecule has 1 aliphatic rings. The van der Waals surface area contributed by atoms with E-state index in [9.17, 15) is 9.59 Å². The number of anilines is 1. The first kappa shape index (κ1) is 14.5. The van der Waals surface area contributed by atoms with Crippen LogP contribution in [-0.2, 0) is 4.79 Å². The molecule has 1 fully saturated rings. The van der Waals surface area contributed by atoms with E-state index < -0.39 is 0 Å². The Morgan fingerprint density at radius 3 is 2.55 bits per heavy atom. The average Bonchev–Trinajstić information content (AvgIpc) is 2.86. The summed E-state index contributed by atoms with van der Waals surface area (Å²) in [7, 11) is 0. The van der Waals surface area contributed by atoms with E-state index in [0.717, 1.165) is 5.69 Å². The van der Waals surface area contributed by atoms with E-state index >= 15 is 0 Å². The van der Waals surface area contributed by atoms with E-state index in [2.05, 4.69) is 5.32 Å². The highest BCUT2D eigenvalue weighted by atomic mass is 16.3. The molecule has 0 bridgehead atoms. The highest BCUT2D eigenvalue weighted by Gasteiger charge is 2.29. The number of nitrogens with zero attached hydrogens (tertiary/aromatic N) is 1. The van der Waals surface area contributed by atoms with Crippen LogP contribution >= 0.6 is 0 Å². The summed E-state index contributed by atoms with van der Waals surface area (Å²) in [6.07, 6.45) is 0.356. The molecule has 6 nitrogen and oxygen atoms in total. The van der Waals surface area contributed by atoms with Gasteiger partial charge in [0, 0.05) is 43.3 Å². The maximum atomic E-state index is 11.8. The summed E-state index contributed by atoms with van der Waals surface area (Å²) in [5.74, 6) is -0.289. The van der Waals surface area contributed by atoms with Gasteiger partial charge in [0.15, 0.2) is 0 Å². The molecule has 2 amide bonds. The van der Waals surface area contributed by atoms with Crippen LogP contribution in [0.2, 0.25) is 0 Å². The van der Waals surface area contributed by atoms with Gasteiger partial charge in [-0.3, -0.25) is 9.59 Å². The highest BCUT2D eigenvalue weighted by molar-refractivity contribution is 5.97. The first-order valence-electron chi connectivity index (χ1n) is 6.56. The van der Waals surface area contributed by atoms with Crippen LogP contribution in [0.5, 0.6) is 0 Å². The van der Waals surface area contributed by atoms with Gasteiger partial charge in [-0.1, -0.05) is 0 Å². The van der Waals surface area contributed by atoms with Crippen molar-refractivity contribution < 1.29 is 19.8 Å². The van der Waals surface area contributed by atoms with E-state index in [0.29, 0.717) is 18.5 Å². The number of hydrogen-bond acceptors (Lipinski definition) is 4. The molecule has 6 heteroatoms. The Bertz CT molecular complexity index is 486. The molecule has 1 aromatic carbocycles. The number of benzene rings is 1. The number of aliphatic hydroxyl groups is 2. The maximum Gasteiger partial charge on any atom is 0.251 e. The van der Waals surface area contributed by atoms with Gasteiger partial charge in [0.2, 0.25) is 5.91 Å². The largest absolute Gasteiger partial charge is 0.396 e. The van der Waals surface area contributed by atoms with E-state index in [-0.39, 0.29) is 37.5 Å². The maximum absolute atomic E-state index is 11.8. The standard InChI is InChI=1S/C14H18N2O4/c17-6-5-15-14(20)11-1-3-12(4-2-11)16-8-10(9-18)7-13(16)19/h1-4,10,17-18H,5-9H2,(H,15,20). The number of hydrogen-bond donors (Lipinski definition) is 3. The minimum Gasteiger partial charge on any atom is -0.396 e. The number of carbonyl (C=O) groups is 2. The third-order valence-electron chi connectivity index (χ3n) is 3.30. The summed E-state index contributed by atoms with van der Waals surface area (Å²) < 4.78 is 0. The summed E-state index contributed by atoms with van der Waals surface area (Å²) in [4.78, 5) is 25.1. The lowest BCUT2D eigenvalue weighted by atomic mass is 10.1. The number of carbonyl (C=O) groups excluding carboxylic acids is 2. The van der Waals surface area contributed by atoms with Gasteiger partial charge in [0.1, 0.15) is 0 Å². The van der Waals surface area contributed by atoms with Crippen molar-refractivity contribution in [2.24, 2.45) is 5.92 Å². The van der Waals surface area contributed by atoms with Crippen molar-refractivity contribution in [2.45, 2.75) is 6.42 Å². The van der Waals surface area contributed by atoms with Gasteiger partial charge in [-0.2, -0.15) is 0 Å². The molecular formula is C14H18N2O4. The molecule has 20 heavy (non-hydrogen) atoms. The van der Waals surface area contributed by atoms with Crippen molar-refractivity contribution in [3.05, 3.63) is 29.8 Å². The van der Waals surface area contributed by atoms with Crippen LogP contribution in [0.25, 0.3) is 0 Å². The fourth-order valence-electron chi connectivity index (χ4n) is 2.22. The SMILES string of the molecule is O=C(NCCO)c1ccc(N2CC(CO)CC2=O)cc1. The van der Waals surface area contributed by atoms with E-state index in [1.807, 2.05) is 0 Å². The zero-order valence-electron chi connectivity index (χ0n) is 11.1. The van der Waals surface area contributed by atoms with Crippen molar-refractivity contribution in [2.75, 3.05) is 31.2 Å². The van der Waals surface area contributed by atoms with E-state index in [1.165, 1.54) is 0 Å². The number of amides is 2. The van der Waals surface area contributed by atoms with Gasteiger partial charge in [-0.15, -0.1) is 0 Å². The van der Waals surface area contributed by atoms with Crippen LogP contribution in [-0.4, -0.2) is 48.3 Å². The molecule has 0 radical (unpaired) electrons. The van der Waals surface area contributed by atoms with Crippen LogP contribution in [0.15, 0.2) is 24.3 Å². The topological polar surface area (TPSA) is 89.9 Å². The van der Waals surface area contributed by atoms with Crippen molar-refractivity contribution in [3.63, 3.8) is 0 Å². The first-order chi connectivity index (χ1) is 9.65. The van der Waals surface area contributed by atoms with Crippen molar-refractivity contribution in [1.82, 2.24) is 5.32 Å². The summed E-state index contributed by atoms with van der Waals surface area (Å²) >= 11 is 0. The fourth-order valence-corrected chi connectivity index (χ4v) is 2.22. The van der Waals surface area contributed by atoms with E-state index in [1.54, 1.807) is 29.2 Å². The lowest BCUT2D eigenvalue weighted by Crippen LogP contribution is -2.27. The van der Waals surface area contributed by atoms with Gasteiger partial charge in [-0.25, -0.2) is 0 Å². The zero-order chi connectivity index (χ0) is 14.5. The monoisotopic (exact) mass is 278 g/mol. The molecule has 0 spiro atoms. The van der Waals surface area contributed by atoms with Crippen molar-refractivity contribution in [3.8, 4) is 0 Å². The molecule has 0 aromatic heterocycles. The zero-order valence-corrected chi connectivity index (χ0v) is 11.1. The molecule has 1 aliphatic heterocycles. The van der Waals surface area contributed by atoms with Gasteiger partial charge in [-0.05, 0) is 24.3 Å². The van der Waals surface area contributed by atoms with Crippen LogP contribution in [0.4, 0.5) is 5.69 Å². The minimum absolute atomic E-state index is 0.00386. The second kappa shape index (κ2) is 6.49. The quantitative estimate of drug-likeness (QED) is 0.693. The molecule has 1 unspecified atom stereocenters. The van der Waals surface area contributed by atoms with Crippen LogP contribution in [0.1, 0.15) is 16.8 Å². The Morgan fingerprint density at radius 2 is 2.00 bits per heavy atom. The molecule has 1 atom stereocenters. The molecule has 108 valence electrons. The Morgan fingerprint density at radius 1 is 1.30 bits per heavy atom. The molecule has 1 saturated heterocycles. The van der Waals surface area contributed by atoms with Crippen LogP contribution < -0.4 is 10.2 Å². The first-order valence-corrected chi connectivity index (χ1v) is 6.56. The molecular weight excluding hydrogens is 260 g/mol. The molecule has 0 aliphatic carbocycles. The lowest BCUT2D eigenvalue weighted by Gasteiger charge is -2.16. The summed E-state index contributed by atoms with van der Waals surface area (Å²) in [5, 5.41) is 20.3. The highest BCUT2D eigenvalue weighted by Crippen LogP contribution is 2.24. The average molecular weight is 278 g/mol. The second-order valence-electron chi connectivity index (χ2n) is 4.78. The molecule has 1 heterocycles. The van der Waals surface area contributed by atoms with Crippen molar-refractivity contribution >= 4 is 17.5 Å². The summed E-state index contributed by atoms with van der Waals surface area (Å²) in [5.41, 5.74) is 1.21. The molecule has 1 aromatic rings. The Kier molecular flexibility index (Phi) is 4.70. The van der Waals surface area contributed by atoms with E-state index in [4.69, 9.17) is 10.2 Å². The lowest BCUT2D eigenvalue weighted by molar-refractivity contribution is -0.117. The Hall–Kier alpha value is -1.92. The predicted octanol–water partition coefficient (Wildman–Crippen LogP) is -0.246. The smallest absolute Gasteiger partial charge is 0.251 e. The summed E-state index contributed by atoms with van der Waals surface area (Å²) in [6.45, 7) is 0.618. The van der Waals surface area contributed by atoms with Crippen LogP contribution in [0, 0.1) is 5.92 Å². The summed E-state index contributed by atoms with van der Waals surface area (Å²) in [6, 6.07) is 6.71. The van der Waals surface area contributed by atoms with Crippen molar-refractivity contribution in [1.29, 1.82) is 0 Å². The number of nitrogens with one attached hydrogen (secondary N) is 1. The normalized spacial score (nSPS) is 18.4. The fraction of sp³-hybridized carbons (Fsp3) is 0.429. The third-order valence-corrected chi connectivity index (χ3v) is 3.30. The second-order valence-corrected chi connectivity index (χ2v) is 4.78. The Balaban J connectivity index is 2.05. The van der Waals surface area contributed by atoms with Gasteiger partial charge < -0.3 is 20.4 Å². The van der Waals surface area contributed by atoms with Gasteiger partial charge >= 0.3 is 0 Å². The van der Waals surface area contributed by atoms with Gasteiger partial charge in [0.25, 0.3) is 5.91 Å². The van der Waals surface area contributed by atoms with Crippen LogP contribution in [0.3, 0.4) is 0 Å². The predicted molar refractivity (Wildman–Crippen MR) is 73.4 cm³/mol.